The number of anilines is 1. The molecule has 0 fully saturated rings. The zero-order valence-corrected chi connectivity index (χ0v) is 10.2. The maximum absolute atomic E-state index is 5.81. The monoisotopic (exact) mass is 245 g/mol. The first-order valence-electron chi connectivity index (χ1n) is 5.94. The molecule has 1 aliphatic heterocycles. The normalized spacial score (nSPS) is 14.3. The van der Waals surface area contributed by atoms with E-state index in [1.165, 1.54) is 0 Å². The second-order valence-electron chi connectivity index (χ2n) is 4.26. The molecule has 0 saturated carbocycles. The summed E-state index contributed by atoms with van der Waals surface area (Å²) in [6.45, 7) is 1.34. The Bertz CT molecular complexity index is 558. The number of hydrogen-bond donors (Lipinski definition) is 1. The quantitative estimate of drug-likeness (QED) is 0.832. The maximum atomic E-state index is 5.81. The summed E-state index contributed by atoms with van der Waals surface area (Å²) in [4.78, 5) is 0. The van der Waals surface area contributed by atoms with Gasteiger partial charge in [-0.1, -0.05) is 6.07 Å². The fourth-order valence-electron chi connectivity index (χ4n) is 2.01. The van der Waals surface area contributed by atoms with Gasteiger partial charge in [0.2, 0.25) is 0 Å². The van der Waals surface area contributed by atoms with Crippen LogP contribution in [0.3, 0.4) is 0 Å². The van der Waals surface area contributed by atoms with E-state index in [9.17, 15) is 0 Å². The van der Waals surface area contributed by atoms with E-state index in [1.54, 1.807) is 4.68 Å². The first-order valence-corrected chi connectivity index (χ1v) is 5.94. The highest BCUT2D eigenvalue weighted by molar-refractivity contribution is 5.72. The van der Waals surface area contributed by atoms with Crippen LogP contribution in [0.4, 0.5) is 5.82 Å². The van der Waals surface area contributed by atoms with Crippen LogP contribution in [0, 0.1) is 0 Å². The Morgan fingerprint density at radius 3 is 2.89 bits per heavy atom. The average molecular weight is 245 g/mol. The standard InChI is InChI=1S/C13H15N3O2/c1-16-12(14)8-10(15-16)9-4-2-5-11-13(9)18-7-3-6-17-11/h2,4-5,8H,3,6-7,14H2,1H3. The van der Waals surface area contributed by atoms with Gasteiger partial charge in [0.25, 0.3) is 0 Å². The number of benzene rings is 1. The van der Waals surface area contributed by atoms with Crippen LogP contribution < -0.4 is 15.2 Å². The number of nitrogens with two attached hydrogens (primary N) is 1. The van der Waals surface area contributed by atoms with Crippen molar-refractivity contribution < 1.29 is 9.47 Å². The Morgan fingerprint density at radius 2 is 2.11 bits per heavy atom. The third-order valence-corrected chi connectivity index (χ3v) is 2.96. The molecule has 0 spiro atoms. The van der Waals surface area contributed by atoms with E-state index < -0.39 is 0 Å². The number of ether oxygens (including phenoxy) is 2. The highest BCUT2D eigenvalue weighted by Crippen LogP contribution is 2.39. The van der Waals surface area contributed by atoms with Crippen molar-refractivity contribution in [2.24, 2.45) is 7.05 Å². The largest absolute Gasteiger partial charge is 0.490 e. The van der Waals surface area contributed by atoms with Gasteiger partial charge in [-0.15, -0.1) is 0 Å². The molecule has 0 radical (unpaired) electrons. The lowest BCUT2D eigenvalue weighted by molar-refractivity contribution is 0.297. The minimum atomic E-state index is 0.622. The molecule has 1 aromatic carbocycles. The van der Waals surface area contributed by atoms with Crippen LogP contribution in [0.15, 0.2) is 24.3 Å². The summed E-state index contributed by atoms with van der Waals surface area (Å²) in [7, 11) is 1.82. The van der Waals surface area contributed by atoms with Gasteiger partial charge in [0.1, 0.15) is 5.82 Å². The number of nitrogen functional groups attached to an aromatic ring is 1. The lowest BCUT2D eigenvalue weighted by Gasteiger charge is -2.10. The smallest absolute Gasteiger partial charge is 0.170 e. The molecule has 0 amide bonds. The van der Waals surface area contributed by atoms with E-state index in [1.807, 2.05) is 31.3 Å². The van der Waals surface area contributed by atoms with Crippen molar-refractivity contribution in [3.63, 3.8) is 0 Å². The van der Waals surface area contributed by atoms with Gasteiger partial charge in [-0.3, -0.25) is 4.68 Å². The SMILES string of the molecule is Cn1nc(-c2cccc3c2OCCCO3)cc1N. The Hall–Kier alpha value is -2.17. The average Bonchev–Trinajstić information content (AvgIpc) is 2.59. The van der Waals surface area contributed by atoms with Crippen LogP contribution in [0.2, 0.25) is 0 Å². The van der Waals surface area contributed by atoms with Crippen LogP contribution >= 0.6 is 0 Å². The number of nitrogens with zero attached hydrogens (tertiary/aromatic N) is 2. The van der Waals surface area contributed by atoms with E-state index in [2.05, 4.69) is 5.10 Å². The molecular formula is C13H15N3O2. The van der Waals surface area contributed by atoms with Crippen molar-refractivity contribution in [2.45, 2.75) is 6.42 Å². The summed E-state index contributed by atoms with van der Waals surface area (Å²) in [6, 6.07) is 7.66. The highest BCUT2D eigenvalue weighted by Gasteiger charge is 2.17. The van der Waals surface area contributed by atoms with Gasteiger partial charge in [0.05, 0.1) is 18.9 Å². The summed E-state index contributed by atoms with van der Waals surface area (Å²) < 4.78 is 13.1. The van der Waals surface area contributed by atoms with Crippen LogP contribution in [0.1, 0.15) is 6.42 Å². The molecule has 18 heavy (non-hydrogen) atoms. The van der Waals surface area contributed by atoms with Crippen molar-refractivity contribution in [3.05, 3.63) is 24.3 Å². The Morgan fingerprint density at radius 1 is 1.28 bits per heavy atom. The molecule has 0 atom stereocenters. The predicted molar refractivity (Wildman–Crippen MR) is 68.7 cm³/mol. The van der Waals surface area contributed by atoms with Crippen LogP contribution in [-0.2, 0) is 7.05 Å². The zero-order chi connectivity index (χ0) is 12.5. The fourth-order valence-corrected chi connectivity index (χ4v) is 2.01. The number of para-hydroxylation sites is 1. The minimum absolute atomic E-state index is 0.622. The van der Waals surface area contributed by atoms with Gasteiger partial charge in [-0.05, 0) is 12.1 Å². The van der Waals surface area contributed by atoms with E-state index in [0.717, 1.165) is 29.2 Å². The summed E-state index contributed by atoms with van der Waals surface area (Å²) >= 11 is 0. The van der Waals surface area contributed by atoms with Gasteiger partial charge >= 0.3 is 0 Å². The Kier molecular flexibility index (Phi) is 2.59. The van der Waals surface area contributed by atoms with Gasteiger partial charge in [-0.25, -0.2) is 0 Å². The summed E-state index contributed by atoms with van der Waals surface area (Å²) in [5.41, 5.74) is 7.53. The topological polar surface area (TPSA) is 62.3 Å². The number of aromatic nitrogens is 2. The number of rotatable bonds is 1. The molecule has 94 valence electrons. The summed E-state index contributed by atoms with van der Waals surface area (Å²) in [5, 5.41) is 4.38. The molecule has 0 bridgehead atoms. The molecule has 2 heterocycles. The second kappa shape index (κ2) is 4.25. The number of fused-ring (bicyclic) bond motifs is 1. The molecule has 2 N–H and O–H groups in total. The molecule has 1 aromatic heterocycles. The maximum Gasteiger partial charge on any atom is 0.170 e. The molecule has 3 rings (SSSR count). The lowest BCUT2D eigenvalue weighted by atomic mass is 10.1. The van der Waals surface area contributed by atoms with E-state index in [-0.39, 0.29) is 0 Å². The first-order chi connectivity index (χ1) is 8.75. The van der Waals surface area contributed by atoms with Crippen LogP contribution in [-0.4, -0.2) is 23.0 Å². The molecule has 0 aliphatic carbocycles. The highest BCUT2D eigenvalue weighted by atomic mass is 16.5. The Labute approximate surface area is 105 Å². The number of aryl methyl sites for hydroxylation is 1. The minimum Gasteiger partial charge on any atom is -0.490 e. The predicted octanol–water partition coefficient (Wildman–Crippen LogP) is 1.83. The van der Waals surface area contributed by atoms with E-state index in [0.29, 0.717) is 19.0 Å². The molecule has 1 aliphatic rings. The summed E-state index contributed by atoms with van der Waals surface area (Å²) in [5.74, 6) is 2.15. The third-order valence-electron chi connectivity index (χ3n) is 2.96. The molecule has 2 aromatic rings. The summed E-state index contributed by atoms with van der Waals surface area (Å²) in [6.07, 6.45) is 0.887. The number of hydrogen-bond acceptors (Lipinski definition) is 4. The van der Waals surface area contributed by atoms with Gasteiger partial charge < -0.3 is 15.2 Å². The van der Waals surface area contributed by atoms with Crippen molar-refractivity contribution in [2.75, 3.05) is 18.9 Å². The van der Waals surface area contributed by atoms with E-state index >= 15 is 0 Å². The molecule has 5 nitrogen and oxygen atoms in total. The van der Waals surface area contributed by atoms with Crippen molar-refractivity contribution in [1.82, 2.24) is 9.78 Å². The van der Waals surface area contributed by atoms with Gasteiger partial charge in [0.15, 0.2) is 11.5 Å². The Balaban J connectivity index is 2.12. The van der Waals surface area contributed by atoms with E-state index in [4.69, 9.17) is 15.2 Å². The van der Waals surface area contributed by atoms with Crippen LogP contribution in [0.5, 0.6) is 11.5 Å². The van der Waals surface area contributed by atoms with Crippen LogP contribution in [0.25, 0.3) is 11.3 Å². The molecule has 5 heteroatoms. The molecular weight excluding hydrogens is 230 g/mol. The van der Waals surface area contributed by atoms with Crippen molar-refractivity contribution in [1.29, 1.82) is 0 Å². The second-order valence-corrected chi connectivity index (χ2v) is 4.26. The molecule has 0 unspecified atom stereocenters. The molecule has 0 saturated heterocycles. The van der Waals surface area contributed by atoms with Crippen molar-refractivity contribution >= 4 is 5.82 Å². The van der Waals surface area contributed by atoms with Crippen molar-refractivity contribution in [3.8, 4) is 22.8 Å². The first kappa shape index (κ1) is 11.0. The lowest BCUT2D eigenvalue weighted by Crippen LogP contribution is -1.98. The zero-order valence-electron chi connectivity index (χ0n) is 10.2. The van der Waals surface area contributed by atoms with Gasteiger partial charge in [0, 0.05) is 25.1 Å². The third kappa shape index (κ3) is 1.77. The van der Waals surface area contributed by atoms with Gasteiger partial charge in [-0.2, -0.15) is 5.10 Å². The fraction of sp³-hybridized carbons (Fsp3) is 0.308.